The van der Waals surface area contributed by atoms with Gasteiger partial charge in [-0.2, -0.15) is 5.10 Å². The maximum absolute atomic E-state index is 9.76. The number of hydrogen-bond acceptors (Lipinski definition) is 5. The van der Waals surface area contributed by atoms with E-state index in [2.05, 4.69) is 20.6 Å². The molecule has 1 N–H and O–H groups in total. The van der Waals surface area contributed by atoms with E-state index in [0.717, 1.165) is 16.8 Å². The summed E-state index contributed by atoms with van der Waals surface area (Å²) in [6.45, 7) is -0.143. The standard InChI is InChI=1S/C18H14Cl2N6O/c1-25-18(22-23-24-25)12-4-2-11(3-5-12)17-13(10-27)9-21-26(17)16-7-6-14(19)8-15(16)20/h2-9,27H,10H2,1H3. The lowest BCUT2D eigenvalue weighted by Gasteiger charge is -2.12. The number of rotatable bonds is 4. The molecule has 0 atom stereocenters. The number of aromatic nitrogens is 6. The van der Waals surface area contributed by atoms with Crippen LogP contribution in [-0.2, 0) is 13.7 Å². The fourth-order valence-electron chi connectivity index (χ4n) is 2.89. The zero-order chi connectivity index (χ0) is 19.0. The van der Waals surface area contributed by atoms with Gasteiger partial charge < -0.3 is 5.11 Å². The van der Waals surface area contributed by atoms with Crippen molar-refractivity contribution in [2.45, 2.75) is 6.61 Å². The molecular weight excluding hydrogens is 387 g/mol. The van der Waals surface area contributed by atoms with Gasteiger partial charge in [-0.15, -0.1) is 5.10 Å². The number of aliphatic hydroxyl groups is 1. The second kappa shape index (κ2) is 7.11. The Morgan fingerprint density at radius 3 is 2.41 bits per heavy atom. The highest BCUT2D eigenvalue weighted by Gasteiger charge is 2.16. The van der Waals surface area contributed by atoms with Crippen LogP contribution < -0.4 is 0 Å². The van der Waals surface area contributed by atoms with Crippen molar-refractivity contribution >= 4 is 23.2 Å². The largest absolute Gasteiger partial charge is 0.392 e. The Morgan fingerprint density at radius 1 is 1.04 bits per heavy atom. The van der Waals surface area contributed by atoms with Crippen molar-refractivity contribution in [2.24, 2.45) is 7.05 Å². The van der Waals surface area contributed by atoms with E-state index in [0.29, 0.717) is 27.1 Å². The van der Waals surface area contributed by atoms with Gasteiger partial charge in [-0.3, -0.25) is 0 Å². The number of aryl methyl sites for hydroxylation is 1. The molecule has 0 aliphatic heterocycles. The van der Waals surface area contributed by atoms with Gasteiger partial charge >= 0.3 is 0 Å². The molecule has 7 nitrogen and oxygen atoms in total. The van der Waals surface area contributed by atoms with Crippen LogP contribution in [0.2, 0.25) is 10.0 Å². The van der Waals surface area contributed by atoms with Crippen LogP contribution >= 0.6 is 23.2 Å². The Morgan fingerprint density at radius 2 is 1.78 bits per heavy atom. The summed E-state index contributed by atoms with van der Waals surface area (Å²) >= 11 is 12.4. The Labute approximate surface area is 164 Å². The molecule has 4 rings (SSSR count). The monoisotopic (exact) mass is 400 g/mol. The number of nitrogens with zero attached hydrogens (tertiary/aromatic N) is 6. The first kappa shape index (κ1) is 17.7. The van der Waals surface area contributed by atoms with E-state index in [1.807, 2.05) is 24.3 Å². The third-order valence-corrected chi connectivity index (χ3v) is 4.73. The molecule has 0 saturated carbocycles. The molecule has 2 aromatic carbocycles. The Bertz CT molecular complexity index is 1100. The minimum absolute atomic E-state index is 0.143. The number of halogens is 2. The zero-order valence-corrected chi connectivity index (χ0v) is 15.7. The van der Waals surface area contributed by atoms with Gasteiger partial charge in [-0.25, -0.2) is 9.36 Å². The van der Waals surface area contributed by atoms with Crippen molar-refractivity contribution in [2.75, 3.05) is 0 Å². The maximum Gasteiger partial charge on any atom is 0.181 e. The van der Waals surface area contributed by atoms with Crippen LogP contribution in [-0.4, -0.2) is 35.1 Å². The zero-order valence-electron chi connectivity index (χ0n) is 14.2. The van der Waals surface area contributed by atoms with Gasteiger partial charge in [0.15, 0.2) is 5.82 Å². The first-order chi connectivity index (χ1) is 13.1. The summed E-state index contributed by atoms with van der Waals surface area (Å²) in [5, 5.41) is 26.7. The number of tetrazole rings is 1. The Balaban J connectivity index is 1.82. The van der Waals surface area contributed by atoms with Gasteiger partial charge in [0, 0.05) is 28.8 Å². The van der Waals surface area contributed by atoms with Crippen LogP contribution in [0.1, 0.15) is 5.56 Å². The van der Waals surface area contributed by atoms with Crippen molar-refractivity contribution in [3.8, 4) is 28.3 Å². The molecule has 4 aromatic rings. The number of benzene rings is 2. The molecule has 9 heteroatoms. The van der Waals surface area contributed by atoms with Crippen molar-refractivity contribution in [3.05, 3.63) is 64.3 Å². The summed E-state index contributed by atoms with van der Waals surface area (Å²) in [4.78, 5) is 0. The second-order valence-corrected chi connectivity index (χ2v) is 6.73. The topological polar surface area (TPSA) is 81.7 Å². The van der Waals surface area contributed by atoms with Crippen LogP contribution in [0.5, 0.6) is 0 Å². The maximum atomic E-state index is 9.76. The van der Waals surface area contributed by atoms with Crippen molar-refractivity contribution in [1.82, 2.24) is 30.0 Å². The molecule has 2 aromatic heterocycles. The quantitative estimate of drug-likeness (QED) is 0.566. The van der Waals surface area contributed by atoms with E-state index in [1.165, 1.54) is 0 Å². The molecule has 0 aliphatic carbocycles. The van der Waals surface area contributed by atoms with E-state index in [9.17, 15) is 5.11 Å². The molecule has 0 amide bonds. The van der Waals surface area contributed by atoms with Gasteiger partial charge in [0.1, 0.15) is 0 Å². The van der Waals surface area contributed by atoms with Crippen molar-refractivity contribution in [1.29, 1.82) is 0 Å². The minimum Gasteiger partial charge on any atom is -0.392 e. The van der Waals surface area contributed by atoms with Crippen LogP contribution in [0.4, 0.5) is 0 Å². The number of hydrogen-bond donors (Lipinski definition) is 1. The van der Waals surface area contributed by atoms with E-state index < -0.39 is 0 Å². The van der Waals surface area contributed by atoms with Crippen LogP contribution in [0.15, 0.2) is 48.7 Å². The fraction of sp³-hybridized carbons (Fsp3) is 0.111. The molecule has 0 radical (unpaired) electrons. The highest BCUT2D eigenvalue weighted by atomic mass is 35.5. The molecule has 0 bridgehead atoms. The molecule has 2 heterocycles. The summed E-state index contributed by atoms with van der Waals surface area (Å²) in [5.41, 5.74) is 3.88. The number of aliphatic hydroxyl groups excluding tert-OH is 1. The molecule has 0 unspecified atom stereocenters. The SMILES string of the molecule is Cn1nnnc1-c1ccc(-c2c(CO)cnn2-c2ccc(Cl)cc2Cl)cc1. The molecule has 0 aliphatic rings. The fourth-order valence-corrected chi connectivity index (χ4v) is 3.38. The molecule has 136 valence electrons. The van der Waals surface area contributed by atoms with Gasteiger partial charge in [0.2, 0.25) is 0 Å². The predicted molar refractivity (Wildman–Crippen MR) is 103 cm³/mol. The summed E-state index contributed by atoms with van der Waals surface area (Å²) in [6, 6.07) is 12.9. The normalized spacial score (nSPS) is 11.1. The first-order valence-electron chi connectivity index (χ1n) is 8.05. The van der Waals surface area contributed by atoms with Crippen LogP contribution in [0, 0.1) is 0 Å². The van der Waals surface area contributed by atoms with Gasteiger partial charge in [-0.05, 0) is 28.6 Å². The molecule has 0 fully saturated rings. The Kier molecular flexibility index (Phi) is 4.65. The van der Waals surface area contributed by atoms with E-state index in [1.54, 1.807) is 40.8 Å². The minimum atomic E-state index is -0.143. The average Bonchev–Trinajstić information content (AvgIpc) is 3.28. The average molecular weight is 401 g/mol. The van der Waals surface area contributed by atoms with Crippen molar-refractivity contribution < 1.29 is 5.11 Å². The molecule has 0 spiro atoms. The first-order valence-corrected chi connectivity index (χ1v) is 8.80. The van der Waals surface area contributed by atoms with E-state index in [4.69, 9.17) is 23.2 Å². The molecular formula is C18H14Cl2N6O. The third-order valence-electron chi connectivity index (χ3n) is 4.19. The highest BCUT2D eigenvalue weighted by Crippen LogP contribution is 2.32. The molecule has 0 saturated heterocycles. The summed E-state index contributed by atoms with van der Waals surface area (Å²) in [7, 11) is 1.78. The van der Waals surface area contributed by atoms with Crippen LogP contribution in [0.25, 0.3) is 28.3 Å². The highest BCUT2D eigenvalue weighted by molar-refractivity contribution is 6.35. The predicted octanol–water partition coefficient (Wildman–Crippen LogP) is 3.53. The van der Waals surface area contributed by atoms with E-state index in [-0.39, 0.29) is 6.61 Å². The lowest BCUT2D eigenvalue weighted by atomic mass is 10.1. The van der Waals surface area contributed by atoms with Crippen molar-refractivity contribution in [3.63, 3.8) is 0 Å². The summed E-state index contributed by atoms with van der Waals surface area (Å²) in [6.07, 6.45) is 1.63. The van der Waals surface area contributed by atoms with Crippen LogP contribution in [0.3, 0.4) is 0 Å². The Hall–Kier alpha value is -2.74. The summed E-state index contributed by atoms with van der Waals surface area (Å²) in [5.74, 6) is 0.665. The third kappa shape index (κ3) is 3.21. The molecule has 27 heavy (non-hydrogen) atoms. The smallest absolute Gasteiger partial charge is 0.181 e. The second-order valence-electron chi connectivity index (χ2n) is 5.89. The lowest BCUT2D eigenvalue weighted by Crippen LogP contribution is -2.01. The van der Waals surface area contributed by atoms with Gasteiger partial charge in [0.05, 0.1) is 29.2 Å². The van der Waals surface area contributed by atoms with Gasteiger partial charge in [0.25, 0.3) is 0 Å². The van der Waals surface area contributed by atoms with E-state index >= 15 is 0 Å². The lowest BCUT2D eigenvalue weighted by molar-refractivity contribution is 0.282. The van der Waals surface area contributed by atoms with Gasteiger partial charge in [-0.1, -0.05) is 47.5 Å². The summed E-state index contributed by atoms with van der Waals surface area (Å²) < 4.78 is 3.30.